The number of nitrogens with one attached hydrogen (secondary N) is 1. The lowest BCUT2D eigenvalue weighted by molar-refractivity contribution is 0.0946. The van der Waals surface area contributed by atoms with Crippen LogP contribution in [0.1, 0.15) is 22.3 Å². The molecule has 146 valence electrons. The van der Waals surface area contributed by atoms with Crippen LogP contribution in [0.5, 0.6) is 0 Å². The van der Waals surface area contributed by atoms with Crippen LogP contribution in [0.2, 0.25) is 0 Å². The van der Waals surface area contributed by atoms with Crippen molar-refractivity contribution in [1.29, 1.82) is 5.26 Å². The minimum Gasteiger partial charge on any atom is -0.352 e. The topological polar surface area (TPSA) is 59.4 Å². The fourth-order valence-electron chi connectivity index (χ4n) is 3.18. The van der Waals surface area contributed by atoms with E-state index in [0.717, 1.165) is 48.9 Å². The van der Waals surface area contributed by atoms with Crippen molar-refractivity contribution in [1.82, 2.24) is 15.1 Å². The number of amides is 1. The number of hydrogen-bond donors (Lipinski definition) is 1. The van der Waals surface area contributed by atoms with E-state index >= 15 is 0 Å². The number of benzene rings is 2. The summed E-state index contributed by atoms with van der Waals surface area (Å²) in [5, 5.41) is 12.3. The number of likely N-dealkylation sites (N-methyl/N-ethyl adjacent to an activating group) is 1. The monoisotopic (exact) mass is 394 g/mol. The Morgan fingerprint density at radius 2 is 1.75 bits per heavy atom. The van der Waals surface area contributed by atoms with Crippen LogP contribution in [0, 0.1) is 11.3 Å². The Labute approximate surface area is 171 Å². The number of nitrogens with zero attached hydrogens (tertiary/aromatic N) is 3. The first-order valence-corrected chi connectivity index (χ1v) is 10.4. The van der Waals surface area contributed by atoms with Crippen LogP contribution >= 0.6 is 11.8 Å². The molecule has 1 amide bonds. The zero-order valence-electron chi connectivity index (χ0n) is 16.2. The molecule has 0 atom stereocenters. The number of nitriles is 1. The Kier molecular flexibility index (Phi) is 7.49. The molecule has 0 aliphatic carbocycles. The molecule has 1 aliphatic rings. The van der Waals surface area contributed by atoms with Crippen molar-refractivity contribution in [2.75, 3.05) is 46.3 Å². The van der Waals surface area contributed by atoms with Crippen molar-refractivity contribution in [3.63, 3.8) is 0 Å². The maximum absolute atomic E-state index is 12.7. The smallest absolute Gasteiger partial charge is 0.252 e. The molecule has 0 radical (unpaired) electrons. The summed E-state index contributed by atoms with van der Waals surface area (Å²) in [6.45, 7) is 6.10. The second kappa shape index (κ2) is 10.3. The van der Waals surface area contributed by atoms with E-state index in [0.29, 0.717) is 17.7 Å². The molecule has 0 spiro atoms. The van der Waals surface area contributed by atoms with Crippen LogP contribution in [0.15, 0.2) is 58.3 Å². The van der Waals surface area contributed by atoms with Crippen LogP contribution in [-0.2, 0) is 0 Å². The molecule has 0 aromatic heterocycles. The van der Waals surface area contributed by atoms with Crippen molar-refractivity contribution in [3.8, 4) is 6.07 Å². The third-order valence-electron chi connectivity index (χ3n) is 4.89. The van der Waals surface area contributed by atoms with E-state index in [-0.39, 0.29) is 5.91 Å². The van der Waals surface area contributed by atoms with E-state index in [1.54, 1.807) is 6.07 Å². The first kappa shape index (κ1) is 20.4. The SMILES string of the molecule is CN1CCN(CCCNC(=O)c2ccccc2Sc2ccccc2C#N)CC1. The fraction of sp³-hybridized carbons (Fsp3) is 0.364. The first-order valence-electron chi connectivity index (χ1n) is 9.62. The van der Waals surface area contributed by atoms with Gasteiger partial charge in [0.25, 0.3) is 5.91 Å². The maximum atomic E-state index is 12.7. The molecule has 1 saturated heterocycles. The number of carbonyl (C=O) groups is 1. The third-order valence-corrected chi connectivity index (χ3v) is 6.04. The molecular formula is C22H26N4OS. The van der Waals surface area contributed by atoms with Gasteiger partial charge in [-0.3, -0.25) is 4.79 Å². The molecule has 0 saturated carbocycles. The van der Waals surface area contributed by atoms with Crippen LogP contribution in [0.25, 0.3) is 0 Å². The van der Waals surface area contributed by atoms with Gasteiger partial charge in [-0.1, -0.05) is 36.0 Å². The number of rotatable bonds is 7. The molecular weight excluding hydrogens is 368 g/mol. The first-order chi connectivity index (χ1) is 13.7. The zero-order valence-corrected chi connectivity index (χ0v) is 17.0. The van der Waals surface area contributed by atoms with Crippen LogP contribution in [0.3, 0.4) is 0 Å². The predicted molar refractivity (Wildman–Crippen MR) is 113 cm³/mol. The quantitative estimate of drug-likeness (QED) is 0.732. The van der Waals surface area contributed by atoms with Gasteiger partial charge in [0.15, 0.2) is 0 Å². The molecule has 1 heterocycles. The van der Waals surface area contributed by atoms with Crippen LogP contribution in [-0.4, -0.2) is 62.0 Å². The molecule has 0 bridgehead atoms. The zero-order chi connectivity index (χ0) is 19.8. The van der Waals surface area contributed by atoms with E-state index < -0.39 is 0 Å². The van der Waals surface area contributed by atoms with Crippen molar-refractivity contribution < 1.29 is 4.79 Å². The molecule has 28 heavy (non-hydrogen) atoms. The standard InChI is InChI=1S/C22H26N4OS/c1-25-13-15-26(16-14-25)12-6-11-24-22(27)19-8-3-5-10-21(19)28-20-9-4-2-7-18(20)17-23/h2-5,7-10H,6,11-16H2,1H3,(H,24,27). The van der Waals surface area contributed by atoms with E-state index in [9.17, 15) is 10.1 Å². The van der Waals surface area contributed by atoms with Gasteiger partial charge >= 0.3 is 0 Å². The predicted octanol–water partition coefficient (Wildman–Crippen LogP) is 3.08. The molecule has 3 rings (SSSR count). The van der Waals surface area contributed by atoms with Gasteiger partial charge in [-0.15, -0.1) is 0 Å². The van der Waals surface area contributed by atoms with Crippen LogP contribution < -0.4 is 5.32 Å². The Morgan fingerprint density at radius 1 is 1.07 bits per heavy atom. The van der Waals surface area contributed by atoms with E-state index in [4.69, 9.17) is 0 Å². The summed E-state index contributed by atoms with van der Waals surface area (Å²) in [5.41, 5.74) is 1.27. The normalized spacial score (nSPS) is 15.1. The Balaban J connectivity index is 1.55. The summed E-state index contributed by atoms with van der Waals surface area (Å²) in [4.78, 5) is 19.2. The Morgan fingerprint density at radius 3 is 2.50 bits per heavy atom. The van der Waals surface area contributed by atoms with Crippen molar-refractivity contribution in [2.24, 2.45) is 0 Å². The highest BCUT2D eigenvalue weighted by atomic mass is 32.2. The number of piperazine rings is 1. The van der Waals surface area contributed by atoms with E-state index in [1.165, 1.54) is 11.8 Å². The lowest BCUT2D eigenvalue weighted by Gasteiger charge is -2.32. The summed E-state index contributed by atoms with van der Waals surface area (Å²) in [5.74, 6) is -0.0593. The minimum atomic E-state index is -0.0593. The van der Waals surface area contributed by atoms with Gasteiger partial charge < -0.3 is 15.1 Å². The van der Waals surface area contributed by atoms with Gasteiger partial charge in [0, 0.05) is 42.5 Å². The lowest BCUT2D eigenvalue weighted by Crippen LogP contribution is -2.45. The molecule has 1 fully saturated rings. The summed E-state index contributed by atoms with van der Waals surface area (Å²) in [6, 6.07) is 17.2. The van der Waals surface area contributed by atoms with Gasteiger partial charge in [0.2, 0.25) is 0 Å². The summed E-state index contributed by atoms with van der Waals surface area (Å²) < 4.78 is 0. The van der Waals surface area contributed by atoms with E-state index in [1.807, 2.05) is 42.5 Å². The molecule has 2 aromatic rings. The van der Waals surface area contributed by atoms with Crippen molar-refractivity contribution in [2.45, 2.75) is 16.2 Å². The highest BCUT2D eigenvalue weighted by molar-refractivity contribution is 7.99. The van der Waals surface area contributed by atoms with E-state index in [2.05, 4.69) is 28.2 Å². The maximum Gasteiger partial charge on any atom is 0.252 e. The largest absolute Gasteiger partial charge is 0.352 e. The van der Waals surface area contributed by atoms with Gasteiger partial charge in [-0.2, -0.15) is 5.26 Å². The lowest BCUT2D eigenvalue weighted by atomic mass is 10.2. The summed E-state index contributed by atoms with van der Waals surface area (Å²) in [7, 11) is 2.15. The average molecular weight is 395 g/mol. The van der Waals surface area contributed by atoms with Crippen LogP contribution in [0.4, 0.5) is 0 Å². The van der Waals surface area contributed by atoms with Gasteiger partial charge in [0.1, 0.15) is 6.07 Å². The molecule has 6 heteroatoms. The number of hydrogen-bond acceptors (Lipinski definition) is 5. The Hall–Kier alpha value is -2.33. The average Bonchev–Trinajstić information content (AvgIpc) is 2.73. The molecule has 1 aliphatic heterocycles. The van der Waals surface area contributed by atoms with Gasteiger partial charge in [0.05, 0.1) is 11.1 Å². The second-order valence-electron chi connectivity index (χ2n) is 6.96. The molecule has 5 nitrogen and oxygen atoms in total. The highest BCUT2D eigenvalue weighted by Crippen LogP contribution is 2.32. The molecule has 1 N–H and O–H groups in total. The second-order valence-corrected chi connectivity index (χ2v) is 8.04. The highest BCUT2D eigenvalue weighted by Gasteiger charge is 2.15. The fourth-order valence-corrected chi connectivity index (χ4v) is 4.21. The summed E-state index contributed by atoms with van der Waals surface area (Å²) in [6.07, 6.45) is 0.946. The minimum absolute atomic E-state index is 0.0593. The van der Waals surface area contributed by atoms with Gasteiger partial charge in [-0.25, -0.2) is 0 Å². The van der Waals surface area contributed by atoms with Crippen molar-refractivity contribution in [3.05, 3.63) is 59.7 Å². The molecule has 0 unspecified atom stereocenters. The third kappa shape index (κ3) is 5.59. The summed E-state index contributed by atoms with van der Waals surface area (Å²) >= 11 is 1.46. The number of carbonyl (C=O) groups excluding carboxylic acids is 1. The molecule has 2 aromatic carbocycles. The van der Waals surface area contributed by atoms with Crippen molar-refractivity contribution >= 4 is 17.7 Å². The Bertz CT molecular complexity index is 840. The van der Waals surface area contributed by atoms with Gasteiger partial charge in [-0.05, 0) is 44.3 Å².